The number of nitro benzene ring substituents is 1. The van der Waals surface area contributed by atoms with Gasteiger partial charge in [0.25, 0.3) is 5.69 Å². The first kappa shape index (κ1) is 12.1. The third-order valence-electron chi connectivity index (χ3n) is 2.76. The van der Waals surface area contributed by atoms with Crippen LogP contribution in [0.4, 0.5) is 11.5 Å². The first-order valence-corrected chi connectivity index (χ1v) is 5.59. The Morgan fingerprint density at radius 2 is 2.06 bits per heavy atom. The normalized spacial score (nSPS) is 10.8. The van der Waals surface area contributed by atoms with Crippen LogP contribution in [-0.4, -0.2) is 14.7 Å². The summed E-state index contributed by atoms with van der Waals surface area (Å²) in [4.78, 5) is 10.5. The first-order valence-electron chi connectivity index (χ1n) is 5.59. The largest absolute Gasteiger partial charge is 0.383 e. The van der Waals surface area contributed by atoms with Crippen LogP contribution in [-0.2, 0) is 0 Å². The summed E-state index contributed by atoms with van der Waals surface area (Å²) in [5.41, 5.74) is 7.24. The number of nitrogens with zero attached hydrogens (tertiary/aromatic N) is 3. The number of nitrogens with two attached hydrogens (primary N) is 1. The maximum Gasteiger partial charge on any atom is 0.294 e. The average Bonchev–Trinajstić information content (AvgIpc) is 2.71. The zero-order chi connectivity index (χ0) is 13.3. The molecule has 2 aromatic rings. The van der Waals surface area contributed by atoms with E-state index in [1.54, 1.807) is 24.4 Å². The Morgan fingerprint density at radius 3 is 2.61 bits per heavy atom. The molecule has 18 heavy (non-hydrogen) atoms. The van der Waals surface area contributed by atoms with Gasteiger partial charge in [0.15, 0.2) is 0 Å². The van der Waals surface area contributed by atoms with Gasteiger partial charge >= 0.3 is 0 Å². The van der Waals surface area contributed by atoms with E-state index in [1.165, 1.54) is 10.7 Å². The highest BCUT2D eigenvalue weighted by Crippen LogP contribution is 2.28. The van der Waals surface area contributed by atoms with Crippen molar-refractivity contribution in [3.8, 4) is 5.69 Å². The van der Waals surface area contributed by atoms with Crippen LogP contribution < -0.4 is 5.73 Å². The minimum absolute atomic E-state index is 0.0115. The number of anilines is 1. The molecule has 0 fully saturated rings. The van der Waals surface area contributed by atoms with Gasteiger partial charge in [-0.05, 0) is 12.0 Å². The zero-order valence-corrected chi connectivity index (χ0v) is 10.2. The molecule has 1 heterocycles. The SMILES string of the molecule is CC(C)c1cnn(-c2ccccc2[N+](=O)[O-])c1N. The van der Waals surface area contributed by atoms with Crippen molar-refractivity contribution in [1.29, 1.82) is 0 Å². The Hall–Kier alpha value is -2.37. The second-order valence-corrected chi connectivity index (χ2v) is 4.30. The third-order valence-corrected chi connectivity index (χ3v) is 2.76. The number of rotatable bonds is 3. The van der Waals surface area contributed by atoms with Crippen LogP contribution in [0.1, 0.15) is 25.3 Å². The summed E-state index contributed by atoms with van der Waals surface area (Å²) >= 11 is 0. The smallest absolute Gasteiger partial charge is 0.294 e. The van der Waals surface area contributed by atoms with Crippen molar-refractivity contribution in [3.63, 3.8) is 0 Å². The van der Waals surface area contributed by atoms with Gasteiger partial charge in [-0.3, -0.25) is 10.1 Å². The Labute approximate surface area is 104 Å². The van der Waals surface area contributed by atoms with Gasteiger partial charge in [0.2, 0.25) is 0 Å². The van der Waals surface area contributed by atoms with E-state index in [9.17, 15) is 10.1 Å². The Morgan fingerprint density at radius 1 is 1.39 bits per heavy atom. The fraction of sp³-hybridized carbons (Fsp3) is 0.250. The first-order chi connectivity index (χ1) is 8.52. The van der Waals surface area contributed by atoms with Crippen LogP contribution >= 0.6 is 0 Å². The van der Waals surface area contributed by atoms with Crippen LogP contribution in [0.5, 0.6) is 0 Å². The number of benzene rings is 1. The second-order valence-electron chi connectivity index (χ2n) is 4.30. The monoisotopic (exact) mass is 246 g/mol. The lowest BCUT2D eigenvalue weighted by atomic mass is 10.1. The van der Waals surface area contributed by atoms with Gasteiger partial charge in [0.05, 0.1) is 11.1 Å². The highest BCUT2D eigenvalue weighted by atomic mass is 16.6. The summed E-state index contributed by atoms with van der Waals surface area (Å²) in [6.45, 7) is 3.99. The molecule has 1 aromatic carbocycles. The summed E-state index contributed by atoms with van der Waals surface area (Å²) in [6, 6.07) is 6.40. The van der Waals surface area contributed by atoms with Gasteiger partial charge in [-0.25, -0.2) is 4.68 Å². The van der Waals surface area contributed by atoms with Gasteiger partial charge in [0.1, 0.15) is 11.5 Å². The molecule has 0 atom stereocenters. The quantitative estimate of drug-likeness (QED) is 0.665. The topological polar surface area (TPSA) is 87.0 Å². The van der Waals surface area contributed by atoms with Crippen molar-refractivity contribution in [2.24, 2.45) is 0 Å². The number of para-hydroxylation sites is 2. The number of nitrogen functional groups attached to an aromatic ring is 1. The Balaban J connectivity index is 2.59. The molecule has 2 N–H and O–H groups in total. The predicted molar refractivity (Wildman–Crippen MR) is 68.7 cm³/mol. The zero-order valence-electron chi connectivity index (χ0n) is 10.2. The highest BCUT2D eigenvalue weighted by Gasteiger charge is 2.19. The molecule has 0 aliphatic carbocycles. The van der Waals surface area contributed by atoms with E-state index in [0.29, 0.717) is 11.5 Å². The lowest BCUT2D eigenvalue weighted by molar-refractivity contribution is -0.384. The summed E-state index contributed by atoms with van der Waals surface area (Å²) in [6.07, 6.45) is 1.65. The van der Waals surface area contributed by atoms with Gasteiger partial charge in [-0.1, -0.05) is 26.0 Å². The fourth-order valence-corrected chi connectivity index (χ4v) is 1.81. The molecule has 0 spiro atoms. The molecule has 0 amide bonds. The van der Waals surface area contributed by atoms with E-state index in [2.05, 4.69) is 5.10 Å². The van der Waals surface area contributed by atoms with E-state index >= 15 is 0 Å². The van der Waals surface area contributed by atoms with Gasteiger partial charge in [-0.15, -0.1) is 0 Å². The van der Waals surface area contributed by atoms with E-state index in [-0.39, 0.29) is 11.6 Å². The van der Waals surface area contributed by atoms with Crippen molar-refractivity contribution in [2.45, 2.75) is 19.8 Å². The standard InChI is InChI=1S/C12H14N4O2/c1-8(2)9-7-14-15(12(9)13)10-5-3-4-6-11(10)16(17)18/h3-8H,13H2,1-2H3. The molecule has 0 radical (unpaired) electrons. The highest BCUT2D eigenvalue weighted by molar-refractivity contribution is 5.57. The van der Waals surface area contributed by atoms with Crippen LogP contribution in [0, 0.1) is 10.1 Å². The molecular formula is C12H14N4O2. The van der Waals surface area contributed by atoms with Crippen LogP contribution in [0.25, 0.3) is 5.69 Å². The van der Waals surface area contributed by atoms with Crippen molar-refractivity contribution < 1.29 is 4.92 Å². The van der Waals surface area contributed by atoms with E-state index in [4.69, 9.17) is 5.73 Å². The minimum Gasteiger partial charge on any atom is -0.383 e. The molecule has 2 rings (SSSR count). The van der Waals surface area contributed by atoms with Crippen molar-refractivity contribution in [2.75, 3.05) is 5.73 Å². The summed E-state index contributed by atoms with van der Waals surface area (Å²) in [5.74, 6) is 0.667. The van der Waals surface area contributed by atoms with Crippen molar-refractivity contribution >= 4 is 11.5 Å². The molecule has 0 saturated carbocycles. The molecule has 0 bridgehead atoms. The average molecular weight is 246 g/mol. The number of aromatic nitrogens is 2. The van der Waals surface area contributed by atoms with Crippen LogP contribution in [0.2, 0.25) is 0 Å². The number of nitro groups is 1. The summed E-state index contributed by atoms with van der Waals surface area (Å²) in [5, 5.41) is 15.1. The lowest BCUT2D eigenvalue weighted by Gasteiger charge is -2.07. The maximum absolute atomic E-state index is 11.0. The summed E-state index contributed by atoms with van der Waals surface area (Å²) in [7, 11) is 0. The fourth-order valence-electron chi connectivity index (χ4n) is 1.81. The van der Waals surface area contributed by atoms with E-state index in [0.717, 1.165) is 5.56 Å². The molecule has 0 aliphatic heterocycles. The summed E-state index contributed by atoms with van der Waals surface area (Å²) < 4.78 is 1.41. The van der Waals surface area contributed by atoms with E-state index < -0.39 is 4.92 Å². The van der Waals surface area contributed by atoms with Crippen molar-refractivity contribution in [1.82, 2.24) is 9.78 Å². The molecule has 0 saturated heterocycles. The van der Waals surface area contributed by atoms with Crippen LogP contribution in [0.15, 0.2) is 30.5 Å². The molecule has 0 unspecified atom stereocenters. The lowest BCUT2D eigenvalue weighted by Crippen LogP contribution is -2.06. The van der Waals surface area contributed by atoms with Gasteiger partial charge in [-0.2, -0.15) is 5.10 Å². The van der Waals surface area contributed by atoms with Gasteiger partial charge < -0.3 is 5.73 Å². The molecule has 0 aliphatic rings. The second kappa shape index (κ2) is 4.48. The Bertz CT molecular complexity index is 590. The maximum atomic E-state index is 11.0. The molecule has 94 valence electrons. The van der Waals surface area contributed by atoms with Gasteiger partial charge in [0, 0.05) is 11.6 Å². The molecular weight excluding hydrogens is 232 g/mol. The third kappa shape index (κ3) is 1.92. The molecule has 6 heteroatoms. The number of hydrogen-bond donors (Lipinski definition) is 1. The molecule has 6 nitrogen and oxygen atoms in total. The predicted octanol–water partition coefficient (Wildman–Crippen LogP) is 2.49. The van der Waals surface area contributed by atoms with E-state index in [1.807, 2.05) is 13.8 Å². The van der Waals surface area contributed by atoms with Crippen LogP contribution in [0.3, 0.4) is 0 Å². The van der Waals surface area contributed by atoms with Crippen molar-refractivity contribution in [3.05, 3.63) is 46.1 Å². The molecule has 1 aromatic heterocycles. The Kier molecular flexibility index (Phi) is 3.01. The minimum atomic E-state index is -0.439. The number of hydrogen-bond acceptors (Lipinski definition) is 4.